The second kappa shape index (κ2) is 8.93. The molecule has 1 aliphatic rings. The fourth-order valence-electron chi connectivity index (χ4n) is 2.16. The second-order valence-corrected chi connectivity index (χ2v) is 5.43. The summed E-state index contributed by atoms with van der Waals surface area (Å²) < 4.78 is 0. The van der Waals surface area contributed by atoms with E-state index >= 15 is 0 Å². The van der Waals surface area contributed by atoms with Gasteiger partial charge in [0.2, 0.25) is 11.9 Å². The molecule has 0 aromatic heterocycles. The van der Waals surface area contributed by atoms with Crippen LogP contribution < -0.4 is 27.8 Å². The Balaban J connectivity index is 2.57. The Morgan fingerprint density at radius 2 is 2.08 bits per heavy atom. The second-order valence-electron chi connectivity index (χ2n) is 5.43. The van der Waals surface area contributed by atoms with Gasteiger partial charge in [-0.3, -0.25) is 25.0 Å². The quantitative estimate of drug-likeness (QED) is 0.328. The number of guanidine groups is 1. The first kappa shape index (κ1) is 19.5. The fraction of sp³-hybridized carbons (Fsp3) is 0.615. The van der Waals surface area contributed by atoms with E-state index in [4.69, 9.17) is 17.2 Å². The number of Topliss-reactive ketones (excluding diaryl/α,β-unsaturated/α-hetero) is 1. The van der Waals surface area contributed by atoms with Crippen molar-refractivity contribution in [1.82, 2.24) is 15.5 Å². The number of urea groups is 1. The SMILES string of the molecule is CN(C(=O)C[C@@H](N)CC(=O)CCN)[C@H]1CN=C(NC(N)=O)NC1=O. The van der Waals surface area contributed by atoms with Crippen LogP contribution in [0, 0.1) is 0 Å². The van der Waals surface area contributed by atoms with Crippen LogP contribution in [0.25, 0.3) is 0 Å². The van der Waals surface area contributed by atoms with E-state index in [0.29, 0.717) is 0 Å². The van der Waals surface area contributed by atoms with Crippen molar-refractivity contribution in [2.45, 2.75) is 31.3 Å². The molecule has 0 saturated carbocycles. The molecule has 11 heteroatoms. The van der Waals surface area contributed by atoms with Crippen molar-refractivity contribution in [1.29, 1.82) is 0 Å². The summed E-state index contributed by atoms with van der Waals surface area (Å²) in [6.45, 7) is 0.215. The van der Waals surface area contributed by atoms with Crippen molar-refractivity contribution < 1.29 is 19.2 Å². The molecule has 0 fully saturated rings. The summed E-state index contributed by atoms with van der Waals surface area (Å²) in [6.07, 6.45) is 0.193. The maximum absolute atomic E-state index is 12.2. The standard InChI is InChI=1S/C13H23N7O4/c1-20(10(22)5-7(15)4-8(21)2-3-14)9-6-17-13(18-11(9)23)19-12(16)24/h7,9H,2-6,14-15H2,1H3,(H4,16,17,18,19,23,24)/t7-,9-/m0/s1. The zero-order chi connectivity index (χ0) is 18.3. The van der Waals surface area contributed by atoms with E-state index in [9.17, 15) is 19.2 Å². The molecule has 1 rings (SSSR count). The molecule has 0 aliphatic carbocycles. The van der Waals surface area contributed by atoms with Crippen molar-refractivity contribution in [3.63, 3.8) is 0 Å². The normalized spacial score (nSPS) is 18.2. The van der Waals surface area contributed by atoms with Crippen molar-refractivity contribution in [3.8, 4) is 0 Å². The lowest BCUT2D eigenvalue weighted by atomic mass is 10.0. The minimum Gasteiger partial charge on any atom is -0.351 e. The van der Waals surface area contributed by atoms with Gasteiger partial charge in [0.15, 0.2) is 0 Å². The molecule has 2 atom stereocenters. The number of rotatable bonds is 7. The van der Waals surface area contributed by atoms with Gasteiger partial charge in [0.05, 0.1) is 6.54 Å². The predicted molar refractivity (Wildman–Crippen MR) is 85.6 cm³/mol. The van der Waals surface area contributed by atoms with Crippen LogP contribution in [-0.2, 0) is 14.4 Å². The molecule has 0 aromatic carbocycles. The predicted octanol–water partition coefficient (Wildman–Crippen LogP) is -3.01. The summed E-state index contributed by atoms with van der Waals surface area (Å²) in [5, 5.41) is 4.49. The third kappa shape index (κ3) is 5.93. The van der Waals surface area contributed by atoms with Crippen molar-refractivity contribution in [3.05, 3.63) is 0 Å². The monoisotopic (exact) mass is 341 g/mol. The molecule has 11 nitrogen and oxygen atoms in total. The number of nitrogens with one attached hydrogen (secondary N) is 2. The smallest absolute Gasteiger partial charge is 0.318 e. The van der Waals surface area contributed by atoms with Gasteiger partial charge in [0, 0.05) is 32.4 Å². The molecular weight excluding hydrogens is 318 g/mol. The van der Waals surface area contributed by atoms with Gasteiger partial charge in [0.1, 0.15) is 11.8 Å². The first-order chi connectivity index (χ1) is 11.2. The molecule has 1 heterocycles. The highest BCUT2D eigenvalue weighted by molar-refractivity contribution is 6.07. The van der Waals surface area contributed by atoms with Crippen LogP contribution in [0.1, 0.15) is 19.3 Å². The van der Waals surface area contributed by atoms with E-state index in [1.165, 1.54) is 11.9 Å². The molecular formula is C13H23N7O4. The van der Waals surface area contributed by atoms with Gasteiger partial charge < -0.3 is 22.1 Å². The van der Waals surface area contributed by atoms with E-state index in [1.807, 2.05) is 0 Å². The number of carbonyl (C=O) groups excluding carboxylic acids is 4. The Hall–Kier alpha value is -2.53. The maximum Gasteiger partial charge on any atom is 0.318 e. The highest BCUT2D eigenvalue weighted by atomic mass is 16.2. The molecule has 0 unspecified atom stereocenters. The van der Waals surface area contributed by atoms with Crippen LogP contribution in [0.15, 0.2) is 4.99 Å². The van der Waals surface area contributed by atoms with Crippen LogP contribution in [0.2, 0.25) is 0 Å². The zero-order valence-corrected chi connectivity index (χ0v) is 13.4. The van der Waals surface area contributed by atoms with Crippen LogP contribution in [0.5, 0.6) is 0 Å². The lowest BCUT2D eigenvalue weighted by molar-refractivity contribution is -0.138. The number of nitrogens with two attached hydrogens (primary N) is 3. The molecule has 8 N–H and O–H groups in total. The van der Waals surface area contributed by atoms with Crippen LogP contribution in [0.4, 0.5) is 4.79 Å². The molecule has 134 valence electrons. The third-order valence-electron chi connectivity index (χ3n) is 3.42. The molecule has 0 saturated heterocycles. The number of nitrogens with zero attached hydrogens (tertiary/aromatic N) is 2. The highest BCUT2D eigenvalue weighted by Crippen LogP contribution is 2.07. The molecule has 24 heavy (non-hydrogen) atoms. The van der Waals surface area contributed by atoms with E-state index < -0.39 is 24.0 Å². The number of hydrogen-bond donors (Lipinski definition) is 5. The lowest BCUT2D eigenvalue weighted by Gasteiger charge is -2.29. The fourth-order valence-corrected chi connectivity index (χ4v) is 2.16. The number of amides is 4. The van der Waals surface area contributed by atoms with Gasteiger partial charge in [-0.05, 0) is 6.54 Å². The Kier molecular flexibility index (Phi) is 7.27. The molecule has 0 aromatic rings. The first-order valence-corrected chi connectivity index (χ1v) is 7.39. The van der Waals surface area contributed by atoms with Crippen molar-refractivity contribution in [2.75, 3.05) is 20.1 Å². The average molecular weight is 341 g/mol. The van der Waals surface area contributed by atoms with Gasteiger partial charge in [0.25, 0.3) is 5.91 Å². The summed E-state index contributed by atoms with van der Waals surface area (Å²) in [7, 11) is 1.45. The Morgan fingerprint density at radius 1 is 1.42 bits per heavy atom. The number of carbonyl (C=O) groups is 4. The Bertz CT molecular complexity index is 548. The van der Waals surface area contributed by atoms with E-state index in [-0.39, 0.29) is 50.0 Å². The van der Waals surface area contributed by atoms with E-state index in [2.05, 4.69) is 15.6 Å². The zero-order valence-electron chi connectivity index (χ0n) is 13.4. The average Bonchev–Trinajstić information content (AvgIpc) is 2.45. The number of hydrogen-bond acceptors (Lipinski definition) is 7. The van der Waals surface area contributed by atoms with Gasteiger partial charge in [-0.2, -0.15) is 0 Å². The molecule has 4 amide bonds. The molecule has 0 bridgehead atoms. The number of likely N-dealkylation sites (N-methyl/N-ethyl adjacent to an activating group) is 1. The van der Waals surface area contributed by atoms with Gasteiger partial charge >= 0.3 is 6.03 Å². The van der Waals surface area contributed by atoms with Crippen molar-refractivity contribution in [2.24, 2.45) is 22.2 Å². The summed E-state index contributed by atoms with van der Waals surface area (Å²) >= 11 is 0. The first-order valence-electron chi connectivity index (χ1n) is 7.39. The largest absolute Gasteiger partial charge is 0.351 e. The number of ketones is 1. The Morgan fingerprint density at radius 3 is 2.62 bits per heavy atom. The van der Waals surface area contributed by atoms with Crippen LogP contribution in [-0.4, -0.2) is 66.7 Å². The molecule has 0 radical (unpaired) electrons. The highest BCUT2D eigenvalue weighted by Gasteiger charge is 2.31. The summed E-state index contributed by atoms with van der Waals surface area (Å²) in [5.41, 5.74) is 16.0. The van der Waals surface area contributed by atoms with Gasteiger partial charge in [-0.1, -0.05) is 0 Å². The summed E-state index contributed by atoms with van der Waals surface area (Å²) in [6, 6.07) is -2.32. The van der Waals surface area contributed by atoms with Crippen LogP contribution in [0.3, 0.4) is 0 Å². The number of aliphatic imine (C=N–C) groups is 1. The van der Waals surface area contributed by atoms with Crippen LogP contribution >= 0.6 is 0 Å². The van der Waals surface area contributed by atoms with Gasteiger partial charge in [-0.15, -0.1) is 0 Å². The summed E-state index contributed by atoms with van der Waals surface area (Å²) in [4.78, 5) is 51.5. The molecule has 1 aliphatic heterocycles. The topological polar surface area (TPSA) is 186 Å². The van der Waals surface area contributed by atoms with E-state index in [1.54, 1.807) is 0 Å². The number of primary amides is 1. The van der Waals surface area contributed by atoms with Crippen molar-refractivity contribution >= 4 is 29.6 Å². The molecule has 0 spiro atoms. The lowest BCUT2D eigenvalue weighted by Crippen LogP contribution is -2.58. The minimum absolute atomic E-state index is 0.0228. The Labute approximate surface area is 139 Å². The third-order valence-corrected chi connectivity index (χ3v) is 3.42. The minimum atomic E-state index is -0.856. The van der Waals surface area contributed by atoms with E-state index in [0.717, 1.165) is 0 Å². The maximum atomic E-state index is 12.2. The summed E-state index contributed by atoms with van der Waals surface area (Å²) in [5.74, 6) is -1.06. The van der Waals surface area contributed by atoms with Gasteiger partial charge in [-0.25, -0.2) is 9.79 Å².